The van der Waals surface area contributed by atoms with Crippen LogP contribution in [0.4, 0.5) is 14.5 Å². The van der Waals surface area contributed by atoms with Crippen molar-refractivity contribution in [3.8, 4) is 0 Å². The Hall–Kier alpha value is -2.09. The fourth-order valence-corrected chi connectivity index (χ4v) is 2.21. The van der Waals surface area contributed by atoms with E-state index < -0.39 is 33.7 Å². The molecule has 1 amide bonds. The Kier molecular flexibility index (Phi) is 4.17. The highest BCUT2D eigenvalue weighted by Crippen LogP contribution is 2.26. The zero-order chi connectivity index (χ0) is 15.7. The SMILES string of the molecule is CC1CN(C(=O)c2c(F)ccc([N+](=O)[O-])c2F)C(C)CO1. The lowest BCUT2D eigenvalue weighted by molar-refractivity contribution is -0.387. The van der Waals surface area contributed by atoms with E-state index in [0.717, 1.165) is 6.07 Å². The minimum Gasteiger partial charge on any atom is -0.375 e. The number of hydrogen-bond donors (Lipinski definition) is 0. The Labute approximate surface area is 119 Å². The number of amides is 1. The van der Waals surface area contributed by atoms with Gasteiger partial charge in [-0.1, -0.05) is 0 Å². The van der Waals surface area contributed by atoms with Crippen LogP contribution in [0.15, 0.2) is 12.1 Å². The van der Waals surface area contributed by atoms with Gasteiger partial charge in [0.15, 0.2) is 0 Å². The first-order valence-corrected chi connectivity index (χ1v) is 6.38. The van der Waals surface area contributed by atoms with Gasteiger partial charge in [0.2, 0.25) is 5.82 Å². The maximum atomic E-state index is 14.1. The number of carbonyl (C=O) groups excluding carboxylic acids is 1. The van der Waals surface area contributed by atoms with Gasteiger partial charge in [0, 0.05) is 12.6 Å². The van der Waals surface area contributed by atoms with E-state index in [1.54, 1.807) is 13.8 Å². The number of benzene rings is 1. The van der Waals surface area contributed by atoms with Gasteiger partial charge in [0.1, 0.15) is 11.4 Å². The minimum atomic E-state index is -1.45. The fraction of sp³-hybridized carbons (Fsp3) is 0.462. The lowest BCUT2D eigenvalue weighted by Gasteiger charge is -2.36. The number of rotatable bonds is 2. The number of carbonyl (C=O) groups is 1. The van der Waals surface area contributed by atoms with Crippen LogP contribution in [0.2, 0.25) is 0 Å². The van der Waals surface area contributed by atoms with Gasteiger partial charge in [-0.3, -0.25) is 14.9 Å². The molecule has 1 aliphatic heterocycles. The van der Waals surface area contributed by atoms with E-state index in [4.69, 9.17) is 4.74 Å². The Balaban J connectivity index is 2.43. The van der Waals surface area contributed by atoms with Crippen LogP contribution in [0.1, 0.15) is 24.2 Å². The van der Waals surface area contributed by atoms with Gasteiger partial charge in [-0.25, -0.2) is 4.39 Å². The highest BCUT2D eigenvalue weighted by molar-refractivity contribution is 5.95. The molecule has 1 aromatic carbocycles. The summed E-state index contributed by atoms with van der Waals surface area (Å²) in [5.41, 5.74) is -1.82. The van der Waals surface area contributed by atoms with E-state index in [9.17, 15) is 23.7 Å². The van der Waals surface area contributed by atoms with E-state index >= 15 is 0 Å². The predicted molar refractivity (Wildman–Crippen MR) is 68.9 cm³/mol. The van der Waals surface area contributed by atoms with Crippen LogP contribution in [0.5, 0.6) is 0 Å². The molecule has 1 aliphatic rings. The maximum Gasteiger partial charge on any atom is 0.305 e. The molecule has 0 bridgehead atoms. The Bertz CT molecular complexity index is 594. The van der Waals surface area contributed by atoms with Crippen molar-refractivity contribution in [2.45, 2.75) is 26.0 Å². The number of nitrogens with zero attached hydrogens (tertiary/aromatic N) is 2. The van der Waals surface area contributed by atoms with Crippen LogP contribution in [0, 0.1) is 21.7 Å². The van der Waals surface area contributed by atoms with Gasteiger partial charge in [-0.05, 0) is 19.9 Å². The third-order valence-corrected chi connectivity index (χ3v) is 3.35. The zero-order valence-electron chi connectivity index (χ0n) is 11.5. The molecule has 0 spiro atoms. The Morgan fingerprint density at radius 3 is 2.71 bits per heavy atom. The lowest BCUT2D eigenvalue weighted by atomic mass is 10.1. The number of halogens is 2. The molecule has 8 heteroatoms. The Morgan fingerprint density at radius 2 is 2.10 bits per heavy atom. The summed E-state index contributed by atoms with van der Waals surface area (Å²) in [4.78, 5) is 23.3. The summed E-state index contributed by atoms with van der Waals surface area (Å²) >= 11 is 0. The third kappa shape index (κ3) is 2.85. The summed E-state index contributed by atoms with van der Waals surface area (Å²) in [6.45, 7) is 3.82. The van der Waals surface area contributed by atoms with E-state index in [2.05, 4.69) is 0 Å². The van der Waals surface area contributed by atoms with E-state index in [1.165, 1.54) is 4.90 Å². The number of nitro groups is 1. The fourth-order valence-electron chi connectivity index (χ4n) is 2.21. The normalized spacial score (nSPS) is 22.2. The molecule has 1 fully saturated rings. The standard InChI is InChI=1S/C13H14F2N2O4/c1-7-6-21-8(2)5-16(7)13(18)11-9(14)3-4-10(12(11)15)17(19)20/h3-4,7-8H,5-6H2,1-2H3. The summed E-state index contributed by atoms with van der Waals surface area (Å²) < 4.78 is 33.2. The second-order valence-corrected chi connectivity index (χ2v) is 4.96. The lowest BCUT2D eigenvalue weighted by Crippen LogP contribution is -2.50. The molecule has 0 aromatic heterocycles. The second kappa shape index (κ2) is 5.72. The van der Waals surface area contributed by atoms with Crippen molar-refractivity contribution in [3.63, 3.8) is 0 Å². The van der Waals surface area contributed by atoms with Crippen molar-refractivity contribution in [2.24, 2.45) is 0 Å². The van der Waals surface area contributed by atoms with Crippen LogP contribution in [0.25, 0.3) is 0 Å². The van der Waals surface area contributed by atoms with E-state index in [1.807, 2.05) is 0 Å². The predicted octanol–water partition coefficient (Wildman–Crippen LogP) is 2.12. The summed E-state index contributed by atoms with van der Waals surface area (Å²) in [6.07, 6.45) is -0.269. The average Bonchev–Trinajstić information content (AvgIpc) is 2.41. The summed E-state index contributed by atoms with van der Waals surface area (Å²) in [5.74, 6) is -3.47. The summed E-state index contributed by atoms with van der Waals surface area (Å²) in [6, 6.07) is 1.06. The molecule has 0 saturated carbocycles. The average molecular weight is 300 g/mol. The van der Waals surface area contributed by atoms with Crippen molar-refractivity contribution >= 4 is 11.6 Å². The molecular weight excluding hydrogens is 286 g/mol. The van der Waals surface area contributed by atoms with Crippen LogP contribution in [0.3, 0.4) is 0 Å². The van der Waals surface area contributed by atoms with E-state index in [0.29, 0.717) is 6.07 Å². The number of hydrogen-bond acceptors (Lipinski definition) is 4. The van der Waals surface area contributed by atoms with E-state index in [-0.39, 0.29) is 25.3 Å². The van der Waals surface area contributed by atoms with Crippen molar-refractivity contribution in [1.82, 2.24) is 4.90 Å². The molecule has 2 atom stereocenters. The largest absolute Gasteiger partial charge is 0.375 e. The smallest absolute Gasteiger partial charge is 0.305 e. The second-order valence-electron chi connectivity index (χ2n) is 4.96. The highest BCUT2D eigenvalue weighted by Gasteiger charge is 2.34. The maximum absolute atomic E-state index is 14.1. The molecule has 0 N–H and O–H groups in total. The highest BCUT2D eigenvalue weighted by atomic mass is 19.1. The summed E-state index contributed by atoms with van der Waals surface area (Å²) in [5, 5.41) is 10.7. The molecule has 6 nitrogen and oxygen atoms in total. The number of ether oxygens (including phenoxy) is 1. The van der Waals surface area contributed by atoms with Crippen molar-refractivity contribution in [3.05, 3.63) is 39.4 Å². The topological polar surface area (TPSA) is 72.7 Å². The van der Waals surface area contributed by atoms with Gasteiger partial charge < -0.3 is 9.64 Å². The molecule has 1 saturated heterocycles. The molecule has 1 heterocycles. The van der Waals surface area contributed by atoms with Gasteiger partial charge >= 0.3 is 5.69 Å². The monoisotopic (exact) mass is 300 g/mol. The molecule has 0 aliphatic carbocycles. The molecule has 1 aromatic rings. The van der Waals surface area contributed by atoms with Crippen LogP contribution in [-0.4, -0.2) is 41.0 Å². The van der Waals surface area contributed by atoms with Crippen molar-refractivity contribution < 1.29 is 23.2 Å². The molecule has 21 heavy (non-hydrogen) atoms. The van der Waals surface area contributed by atoms with Crippen LogP contribution in [-0.2, 0) is 4.74 Å². The minimum absolute atomic E-state index is 0.168. The van der Waals surface area contributed by atoms with Crippen LogP contribution >= 0.6 is 0 Å². The first-order chi connectivity index (χ1) is 9.82. The van der Waals surface area contributed by atoms with Crippen molar-refractivity contribution in [2.75, 3.05) is 13.2 Å². The first-order valence-electron chi connectivity index (χ1n) is 6.38. The molecule has 114 valence electrons. The van der Waals surface area contributed by atoms with Gasteiger partial charge in [0.05, 0.1) is 23.7 Å². The molecule has 2 unspecified atom stereocenters. The van der Waals surface area contributed by atoms with Crippen LogP contribution < -0.4 is 0 Å². The van der Waals surface area contributed by atoms with Gasteiger partial charge in [-0.15, -0.1) is 0 Å². The van der Waals surface area contributed by atoms with Gasteiger partial charge in [-0.2, -0.15) is 4.39 Å². The zero-order valence-corrected chi connectivity index (χ0v) is 11.5. The molecule has 0 radical (unpaired) electrons. The Morgan fingerprint density at radius 1 is 1.43 bits per heavy atom. The summed E-state index contributed by atoms with van der Waals surface area (Å²) in [7, 11) is 0. The first kappa shape index (κ1) is 15.3. The van der Waals surface area contributed by atoms with Crippen molar-refractivity contribution in [1.29, 1.82) is 0 Å². The molecule has 2 rings (SSSR count). The number of nitro benzene ring substituents is 1. The quantitative estimate of drug-likeness (QED) is 0.619. The molecular formula is C13H14F2N2O4. The third-order valence-electron chi connectivity index (χ3n) is 3.35. The number of morpholine rings is 1. The van der Waals surface area contributed by atoms with Gasteiger partial charge in [0.25, 0.3) is 5.91 Å².